The lowest BCUT2D eigenvalue weighted by Crippen LogP contribution is -2.18. The van der Waals surface area contributed by atoms with Gasteiger partial charge in [-0.15, -0.1) is 0 Å². The third-order valence-electron chi connectivity index (χ3n) is 4.71. The first-order valence-electron chi connectivity index (χ1n) is 8.99. The van der Waals surface area contributed by atoms with Crippen molar-refractivity contribution in [2.24, 2.45) is 0 Å². The van der Waals surface area contributed by atoms with Crippen LogP contribution in [0.1, 0.15) is 11.1 Å². The number of aromatic nitrogens is 2. The molecular weight excluding hydrogens is 390 g/mol. The summed E-state index contributed by atoms with van der Waals surface area (Å²) >= 11 is 0. The lowest BCUT2D eigenvalue weighted by atomic mass is 10.1. The SMILES string of the molecule is Cc1ccccc1CS(=O)(=O)c1cn(CC(=O)Nc2ccon2)c2ccccc12. The Labute approximate surface area is 167 Å². The van der Waals surface area contributed by atoms with E-state index in [9.17, 15) is 13.2 Å². The number of para-hydroxylation sites is 1. The second-order valence-electron chi connectivity index (χ2n) is 6.76. The van der Waals surface area contributed by atoms with Crippen molar-refractivity contribution in [2.45, 2.75) is 24.1 Å². The first-order chi connectivity index (χ1) is 13.9. The molecule has 1 N–H and O–H groups in total. The smallest absolute Gasteiger partial charge is 0.245 e. The molecule has 0 radical (unpaired) electrons. The maximum absolute atomic E-state index is 13.2. The quantitative estimate of drug-likeness (QED) is 0.526. The number of carbonyl (C=O) groups excluding carboxylic acids is 1. The summed E-state index contributed by atoms with van der Waals surface area (Å²) in [5.41, 5.74) is 2.35. The molecular formula is C21H19N3O4S. The summed E-state index contributed by atoms with van der Waals surface area (Å²) in [6.07, 6.45) is 2.89. The molecule has 7 nitrogen and oxygen atoms in total. The van der Waals surface area contributed by atoms with E-state index in [4.69, 9.17) is 4.52 Å². The Morgan fingerprint density at radius 2 is 1.86 bits per heavy atom. The largest absolute Gasteiger partial charge is 0.363 e. The van der Waals surface area contributed by atoms with Gasteiger partial charge in [0.05, 0.1) is 10.6 Å². The lowest BCUT2D eigenvalue weighted by molar-refractivity contribution is -0.116. The van der Waals surface area contributed by atoms with Crippen molar-refractivity contribution in [1.29, 1.82) is 0 Å². The molecule has 0 saturated carbocycles. The van der Waals surface area contributed by atoms with E-state index in [0.29, 0.717) is 16.7 Å². The van der Waals surface area contributed by atoms with Crippen LogP contribution in [0.5, 0.6) is 0 Å². The van der Waals surface area contributed by atoms with Gasteiger partial charge in [0.2, 0.25) is 5.91 Å². The van der Waals surface area contributed by atoms with Gasteiger partial charge in [-0.3, -0.25) is 4.79 Å². The first-order valence-corrected chi connectivity index (χ1v) is 10.6. The summed E-state index contributed by atoms with van der Waals surface area (Å²) in [6, 6.07) is 16.1. The predicted octanol–water partition coefficient (Wildman–Crippen LogP) is 3.55. The molecule has 2 aromatic carbocycles. The molecule has 4 rings (SSSR count). The van der Waals surface area contributed by atoms with E-state index in [1.165, 1.54) is 18.5 Å². The van der Waals surface area contributed by atoms with Crippen LogP contribution in [0.4, 0.5) is 5.82 Å². The van der Waals surface area contributed by atoms with Crippen molar-refractivity contribution in [3.05, 3.63) is 78.2 Å². The van der Waals surface area contributed by atoms with Gasteiger partial charge in [0.15, 0.2) is 15.7 Å². The molecule has 148 valence electrons. The van der Waals surface area contributed by atoms with Crippen LogP contribution in [0.15, 0.2) is 76.5 Å². The molecule has 0 saturated heterocycles. The molecule has 0 bridgehead atoms. The van der Waals surface area contributed by atoms with E-state index in [-0.39, 0.29) is 23.1 Å². The van der Waals surface area contributed by atoms with E-state index >= 15 is 0 Å². The fraction of sp³-hybridized carbons (Fsp3) is 0.143. The van der Waals surface area contributed by atoms with Gasteiger partial charge in [0, 0.05) is 23.2 Å². The highest BCUT2D eigenvalue weighted by Crippen LogP contribution is 2.28. The van der Waals surface area contributed by atoms with Crippen LogP contribution < -0.4 is 5.32 Å². The minimum atomic E-state index is -3.61. The zero-order valence-corrected chi connectivity index (χ0v) is 16.5. The fourth-order valence-corrected chi connectivity index (χ4v) is 4.94. The van der Waals surface area contributed by atoms with E-state index in [2.05, 4.69) is 10.5 Å². The van der Waals surface area contributed by atoms with Crippen molar-refractivity contribution in [1.82, 2.24) is 9.72 Å². The van der Waals surface area contributed by atoms with Crippen LogP contribution in [0, 0.1) is 6.92 Å². The Hall–Kier alpha value is -3.39. The number of benzene rings is 2. The average molecular weight is 409 g/mol. The maximum atomic E-state index is 13.2. The maximum Gasteiger partial charge on any atom is 0.245 e. The highest BCUT2D eigenvalue weighted by atomic mass is 32.2. The summed E-state index contributed by atoms with van der Waals surface area (Å²) in [4.78, 5) is 12.6. The van der Waals surface area contributed by atoms with Gasteiger partial charge in [0.25, 0.3) is 0 Å². The number of hydrogen-bond donors (Lipinski definition) is 1. The normalized spacial score (nSPS) is 11.6. The highest BCUT2D eigenvalue weighted by molar-refractivity contribution is 7.90. The molecule has 0 aliphatic rings. The molecule has 8 heteroatoms. The van der Waals surface area contributed by atoms with Crippen molar-refractivity contribution in [2.75, 3.05) is 5.32 Å². The summed E-state index contributed by atoms with van der Waals surface area (Å²) in [6.45, 7) is 1.84. The summed E-state index contributed by atoms with van der Waals surface area (Å²) in [5.74, 6) is -0.125. The van der Waals surface area contributed by atoms with Gasteiger partial charge < -0.3 is 14.4 Å². The number of carbonyl (C=O) groups is 1. The predicted molar refractivity (Wildman–Crippen MR) is 109 cm³/mol. The van der Waals surface area contributed by atoms with E-state index in [1.54, 1.807) is 22.8 Å². The standard InChI is InChI=1S/C21H19N3O4S/c1-15-6-2-3-7-16(15)14-29(26,27)19-12-24(18-9-5-4-8-17(18)19)13-21(25)22-20-10-11-28-23-20/h2-12H,13-14H2,1H3,(H,22,23,25). The number of sulfone groups is 1. The minimum Gasteiger partial charge on any atom is -0.363 e. The summed E-state index contributed by atoms with van der Waals surface area (Å²) < 4.78 is 32.7. The van der Waals surface area contributed by atoms with Gasteiger partial charge in [-0.2, -0.15) is 0 Å². The van der Waals surface area contributed by atoms with Crippen LogP contribution in [-0.4, -0.2) is 24.0 Å². The third kappa shape index (κ3) is 3.93. The van der Waals surface area contributed by atoms with E-state index in [0.717, 1.165) is 11.1 Å². The monoisotopic (exact) mass is 409 g/mol. The van der Waals surface area contributed by atoms with Crippen molar-refractivity contribution < 1.29 is 17.7 Å². The molecule has 0 aliphatic heterocycles. The van der Waals surface area contributed by atoms with Crippen LogP contribution in [0.3, 0.4) is 0 Å². The number of fused-ring (bicyclic) bond motifs is 1. The number of nitrogens with one attached hydrogen (secondary N) is 1. The third-order valence-corrected chi connectivity index (χ3v) is 6.40. The molecule has 2 heterocycles. The van der Waals surface area contributed by atoms with Gasteiger partial charge in [0.1, 0.15) is 12.8 Å². The Morgan fingerprint density at radius 3 is 2.62 bits per heavy atom. The van der Waals surface area contributed by atoms with Crippen LogP contribution in [0.2, 0.25) is 0 Å². The van der Waals surface area contributed by atoms with Crippen molar-refractivity contribution in [3.63, 3.8) is 0 Å². The van der Waals surface area contributed by atoms with Gasteiger partial charge >= 0.3 is 0 Å². The van der Waals surface area contributed by atoms with Crippen LogP contribution in [0.25, 0.3) is 10.9 Å². The Bertz CT molecular complexity index is 1270. The number of rotatable bonds is 6. The Morgan fingerprint density at radius 1 is 1.10 bits per heavy atom. The fourth-order valence-electron chi connectivity index (χ4n) is 3.26. The molecule has 0 unspecified atom stereocenters. The van der Waals surface area contributed by atoms with Crippen molar-refractivity contribution in [3.8, 4) is 0 Å². The first kappa shape index (κ1) is 18.9. The molecule has 4 aromatic rings. The zero-order chi connectivity index (χ0) is 20.4. The van der Waals surface area contributed by atoms with Crippen LogP contribution >= 0.6 is 0 Å². The van der Waals surface area contributed by atoms with Gasteiger partial charge in [-0.1, -0.05) is 47.6 Å². The highest BCUT2D eigenvalue weighted by Gasteiger charge is 2.23. The number of amides is 1. The molecule has 29 heavy (non-hydrogen) atoms. The molecule has 0 atom stereocenters. The van der Waals surface area contributed by atoms with Crippen molar-refractivity contribution >= 4 is 32.5 Å². The number of hydrogen-bond acceptors (Lipinski definition) is 5. The lowest BCUT2D eigenvalue weighted by Gasteiger charge is -2.06. The van der Waals surface area contributed by atoms with E-state index in [1.807, 2.05) is 37.3 Å². The Kier molecular flexibility index (Phi) is 4.94. The number of nitrogens with zero attached hydrogens (tertiary/aromatic N) is 2. The zero-order valence-electron chi connectivity index (χ0n) is 15.7. The minimum absolute atomic E-state index is 0.0484. The topological polar surface area (TPSA) is 94.2 Å². The molecule has 1 amide bonds. The second-order valence-corrected chi connectivity index (χ2v) is 8.71. The summed E-state index contributed by atoms with van der Waals surface area (Å²) in [7, 11) is -3.61. The average Bonchev–Trinajstić information content (AvgIpc) is 3.32. The second kappa shape index (κ2) is 7.56. The number of anilines is 1. The van der Waals surface area contributed by atoms with E-state index < -0.39 is 9.84 Å². The molecule has 0 aliphatic carbocycles. The summed E-state index contributed by atoms with van der Waals surface area (Å²) in [5, 5.41) is 6.86. The molecule has 0 spiro atoms. The van der Waals surface area contributed by atoms with Crippen LogP contribution in [-0.2, 0) is 26.9 Å². The number of aryl methyl sites for hydroxylation is 1. The molecule has 2 aromatic heterocycles. The van der Waals surface area contributed by atoms with Gasteiger partial charge in [-0.05, 0) is 24.1 Å². The Balaban J connectivity index is 1.68. The molecule has 0 fully saturated rings. The van der Waals surface area contributed by atoms with Gasteiger partial charge in [-0.25, -0.2) is 8.42 Å².